The summed E-state index contributed by atoms with van der Waals surface area (Å²) in [5, 5.41) is 5.90. The molecule has 37 heavy (non-hydrogen) atoms. The van der Waals surface area contributed by atoms with Crippen LogP contribution in [0.25, 0.3) is 0 Å². The van der Waals surface area contributed by atoms with Crippen molar-refractivity contribution >= 4 is 17.5 Å². The molecule has 4 N–H and O–H groups in total. The first kappa shape index (κ1) is 28.5. The number of nitrogens with one attached hydrogen (secondary N) is 2. The fourth-order valence-corrected chi connectivity index (χ4v) is 4.33. The summed E-state index contributed by atoms with van der Waals surface area (Å²) in [7, 11) is 0. The molecule has 1 heterocycles. The van der Waals surface area contributed by atoms with E-state index in [1.165, 1.54) is 24.4 Å². The van der Waals surface area contributed by atoms with Gasteiger partial charge in [-0.25, -0.2) is 0 Å². The molecule has 11 heteroatoms. The molecule has 8 nitrogen and oxygen atoms in total. The average molecular weight is 525 g/mol. The molecule has 1 aliphatic heterocycles. The maximum atomic E-state index is 13.4. The number of allylic oxidation sites excluding steroid dienone is 1. The van der Waals surface area contributed by atoms with Crippen molar-refractivity contribution in [3.63, 3.8) is 0 Å². The number of rotatable bonds is 10. The Bertz CT molecular complexity index is 1020. The molecular formula is C26H35F3N4O4. The molecule has 1 aliphatic carbocycles. The summed E-state index contributed by atoms with van der Waals surface area (Å²) < 4.78 is 49.1. The molecule has 2 amide bonds. The van der Waals surface area contributed by atoms with Crippen LogP contribution in [0.1, 0.15) is 52.4 Å². The van der Waals surface area contributed by atoms with Crippen LogP contribution >= 0.6 is 0 Å². The molecule has 0 spiro atoms. The lowest BCUT2D eigenvalue weighted by atomic mass is 9.92. The second kappa shape index (κ2) is 13.0. The van der Waals surface area contributed by atoms with Crippen molar-refractivity contribution in [1.29, 1.82) is 0 Å². The maximum absolute atomic E-state index is 13.4. The van der Waals surface area contributed by atoms with E-state index < -0.39 is 24.6 Å². The van der Waals surface area contributed by atoms with Gasteiger partial charge in [0, 0.05) is 31.1 Å². The van der Waals surface area contributed by atoms with Gasteiger partial charge in [0.15, 0.2) is 6.61 Å². The molecule has 1 aromatic carbocycles. The number of carbonyl (C=O) groups excluding carboxylic acids is 2. The van der Waals surface area contributed by atoms with E-state index in [2.05, 4.69) is 17.6 Å². The van der Waals surface area contributed by atoms with Crippen LogP contribution in [-0.4, -0.2) is 49.9 Å². The van der Waals surface area contributed by atoms with E-state index in [0.717, 1.165) is 50.0 Å². The number of benzene rings is 1. The lowest BCUT2D eigenvalue weighted by Crippen LogP contribution is -2.45. The third kappa shape index (κ3) is 7.96. The van der Waals surface area contributed by atoms with Gasteiger partial charge in [-0.1, -0.05) is 25.5 Å². The number of para-hydroxylation sites is 2. The molecule has 0 bridgehead atoms. The third-order valence-corrected chi connectivity index (χ3v) is 6.23. The summed E-state index contributed by atoms with van der Waals surface area (Å²) in [6, 6.07) is 5.85. The zero-order valence-electron chi connectivity index (χ0n) is 21.2. The van der Waals surface area contributed by atoms with E-state index in [9.17, 15) is 22.8 Å². The summed E-state index contributed by atoms with van der Waals surface area (Å²) in [5.41, 5.74) is 6.56. The Balaban J connectivity index is 1.75. The summed E-state index contributed by atoms with van der Waals surface area (Å²) >= 11 is 0. The van der Waals surface area contributed by atoms with Gasteiger partial charge in [0.2, 0.25) is 0 Å². The lowest BCUT2D eigenvalue weighted by molar-refractivity contribution is -0.153. The third-order valence-electron chi connectivity index (χ3n) is 6.23. The number of nitrogens with two attached hydrogens (primary N) is 1. The molecular weight excluding hydrogens is 489 g/mol. The minimum absolute atomic E-state index is 0.0257. The van der Waals surface area contributed by atoms with Crippen LogP contribution in [0.15, 0.2) is 47.4 Å². The zero-order chi connectivity index (χ0) is 27.0. The molecule has 1 saturated carbocycles. The Kier molecular flexibility index (Phi) is 9.99. The average Bonchev–Trinajstić information content (AvgIpc) is 2.86. The number of alkyl halides is 3. The second-order valence-electron chi connectivity index (χ2n) is 9.21. The van der Waals surface area contributed by atoms with Gasteiger partial charge in [0.05, 0.1) is 17.4 Å². The zero-order valence-corrected chi connectivity index (χ0v) is 21.2. The molecule has 204 valence electrons. The van der Waals surface area contributed by atoms with Crippen LogP contribution in [0, 0.1) is 0 Å². The van der Waals surface area contributed by atoms with Crippen LogP contribution < -0.4 is 26.0 Å². The molecule has 0 aromatic heterocycles. The number of nitrogens with zero attached hydrogens (tertiary/aromatic N) is 1. The minimum atomic E-state index is -4.54. The number of ether oxygens (including phenoxy) is 2. The highest BCUT2D eigenvalue weighted by molar-refractivity contribution is 6.13. The number of anilines is 1. The van der Waals surface area contributed by atoms with Crippen LogP contribution in [0.4, 0.5) is 18.9 Å². The predicted octanol–water partition coefficient (Wildman–Crippen LogP) is 3.88. The van der Waals surface area contributed by atoms with Crippen molar-refractivity contribution in [2.75, 3.05) is 24.7 Å². The first-order chi connectivity index (χ1) is 17.6. The van der Waals surface area contributed by atoms with Gasteiger partial charge in [-0.3, -0.25) is 14.5 Å². The molecule has 1 fully saturated rings. The Morgan fingerprint density at radius 1 is 1.22 bits per heavy atom. The molecule has 0 saturated heterocycles. The van der Waals surface area contributed by atoms with Gasteiger partial charge in [0.1, 0.15) is 11.4 Å². The minimum Gasteiger partial charge on any atom is -0.482 e. The van der Waals surface area contributed by atoms with Gasteiger partial charge in [0.25, 0.3) is 11.8 Å². The van der Waals surface area contributed by atoms with Crippen molar-refractivity contribution in [3.8, 4) is 5.75 Å². The van der Waals surface area contributed by atoms with E-state index in [1.807, 2.05) is 0 Å². The number of hydrogen-bond acceptors (Lipinski definition) is 6. The van der Waals surface area contributed by atoms with Gasteiger partial charge >= 0.3 is 6.18 Å². The van der Waals surface area contributed by atoms with Gasteiger partial charge in [-0.15, -0.1) is 0 Å². The molecule has 0 atom stereocenters. The lowest BCUT2D eigenvalue weighted by Gasteiger charge is -2.31. The first-order valence-electron chi connectivity index (χ1n) is 12.6. The first-order valence-corrected chi connectivity index (χ1v) is 12.6. The van der Waals surface area contributed by atoms with Crippen LogP contribution in [0.3, 0.4) is 0 Å². The van der Waals surface area contributed by atoms with Gasteiger partial charge in [-0.05, 0) is 51.2 Å². The fourth-order valence-electron chi connectivity index (χ4n) is 4.33. The molecule has 1 aromatic rings. The summed E-state index contributed by atoms with van der Waals surface area (Å²) in [5.74, 6) is -1.20. The van der Waals surface area contributed by atoms with Crippen LogP contribution in [-0.2, 0) is 14.3 Å². The summed E-state index contributed by atoms with van der Waals surface area (Å²) in [6.45, 7) is 2.82. The van der Waals surface area contributed by atoms with E-state index >= 15 is 0 Å². The number of amides is 2. The van der Waals surface area contributed by atoms with E-state index in [-0.39, 0.29) is 41.4 Å². The van der Waals surface area contributed by atoms with Gasteiger partial charge < -0.3 is 25.8 Å². The Hall–Kier alpha value is -3.05. The van der Waals surface area contributed by atoms with E-state index in [0.29, 0.717) is 5.70 Å². The molecule has 3 rings (SSSR count). The summed E-state index contributed by atoms with van der Waals surface area (Å²) in [6.07, 6.45) is 2.38. The number of hydrogen-bond donors (Lipinski definition) is 3. The Morgan fingerprint density at radius 3 is 2.57 bits per heavy atom. The quantitative estimate of drug-likeness (QED) is 0.317. The monoisotopic (exact) mass is 524 g/mol. The maximum Gasteiger partial charge on any atom is 0.422 e. The Labute approximate surface area is 215 Å². The largest absolute Gasteiger partial charge is 0.482 e. The van der Waals surface area contributed by atoms with E-state index in [4.69, 9.17) is 15.2 Å². The second-order valence-corrected chi connectivity index (χ2v) is 9.21. The number of unbranched alkanes of at least 4 members (excludes halogenated alkanes) is 1. The molecule has 0 unspecified atom stereocenters. The Morgan fingerprint density at radius 2 is 1.92 bits per heavy atom. The van der Waals surface area contributed by atoms with Crippen molar-refractivity contribution < 1.29 is 32.2 Å². The standard InChI is InChI=1S/C26H35F3N4O4/c1-3-4-13-36-19-11-9-18(10-12-19)32-24(34)20(14-30)23-25(35)33(15-17(2)31-23)21-7-5-6-8-22(21)37-16-26(27,28)29/h5-8,15,18-19,31H,3-4,9-14,16,30H2,1-2H3,(H,32,34)/b23-20+. The number of carbonyl (C=O) groups is 2. The van der Waals surface area contributed by atoms with Crippen molar-refractivity contribution in [2.45, 2.75) is 70.7 Å². The normalized spacial score (nSPS) is 21.7. The van der Waals surface area contributed by atoms with Crippen LogP contribution in [0.2, 0.25) is 0 Å². The van der Waals surface area contributed by atoms with Crippen molar-refractivity contribution in [1.82, 2.24) is 10.6 Å². The van der Waals surface area contributed by atoms with Crippen molar-refractivity contribution in [3.05, 3.63) is 47.4 Å². The van der Waals surface area contributed by atoms with Gasteiger partial charge in [-0.2, -0.15) is 13.2 Å². The smallest absolute Gasteiger partial charge is 0.422 e. The molecule has 2 aliphatic rings. The molecule has 0 radical (unpaired) electrons. The van der Waals surface area contributed by atoms with Crippen LogP contribution in [0.5, 0.6) is 5.75 Å². The summed E-state index contributed by atoms with van der Waals surface area (Å²) in [4.78, 5) is 27.7. The number of halogens is 3. The fraction of sp³-hybridized carbons (Fsp3) is 0.538. The predicted molar refractivity (Wildman–Crippen MR) is 133 cm³/mol. The highest BCUT2D eigenvalue weighted by Gasteiger charge is 2.33. The van der Waals surface area contributed by atoms with E-state index in [1.54, 1.807) is 13.0 Å². The SMILES string of the molecule is CCCCOC1CCC(NC(=O)/C(CN)=C2/NC(C)=CN(c3ccccc3OCC(F)(F)F)C2=O)CC1. The topological polar surface area (TPSA) is 106 Å². The highest BCUT2D eigenvalue weighted by Crippen LogP contribution is 2.33. The highest BCUT2D eigenvalue weighted by atomic mass is 19.4. The van der Waals surface area contributed by atoms with Crippen molar-refractivity contribution in [2.24, 2.45) is 5.73 Å².